The van der Waals surface area contributed by atoms with Gasteiger partial charge in [-0.2, -0.15) is 0 Å². The Morgan fingerprint density at radius 3 is 1.95 bits per heavy atom. The summed E-state index contributed by atoms with van der Waals surface area (Å²) in [5.74, 6) is 0. The second kappa shape index (κ2) is 13.8. The summed E-state index contributed by atoms with van der Waals surface area (Å²) in [5.41, 5.74) is 1.15. The number of nitrogens with one attached hydrogen (secondary N) is 1. The third kappa shape index (κ3) is 11.2. The fourth-order valence-electron chi connectivity index (χ4n) is 1.65. The number of para-hydroxylation sites is 1. The summed E-state index contributed by atoms with van der Waals surface area (Å²) in [6, 6.07) is 10.2. The van der Waals surface area contributed by atoms with Crippen LogP contribution in [0.5, 0.6) is 0 Å². The Bertz CT molecular complexity index is 321. The summed E-state index contributed by atoms with van der Waals surface area (Å²) < 4.78 is 21.0. The third-order valence-corrected chi connectivity index (χ3v) is 2.74. The van der Waals surface area contributed by atoms with Gasteiger partial charge in [0.15, 0.2) is 0 Å². The van der Waals surface area contributed by atoms with Crippen molar-refractivity contribution in [1.82, 2.24) is 0 Å². The largest absolute Gasteiger partial charge is 0.385 e. The zero-order chi connectivity index (χ0) is 15.0. The molecule has 1 aromatic rings. The highest BCUT2D eigenvalue weighted by molar-refractivity contribution is 5.42. The summed E-state index contributed by atoms with van der Waals surface area (Å²) in [4.78, 5) is 0. The fourth-order valence-corrected chi connectivity index (χ4v) is 1.65. The predicted octanol–water partition coefficient (Wildman–Crippen LogP) is 2.18. The van der Waals surface area contributed by atoms with Crippen molar-refractivity contribution in [3.8, 4) is 0 Å². The molecule has 1 aromatic carbocycles. The Labute approximate surface area is 127 Å². The number of rotatable bonds is 14. The van der Waals surface area contributed by atoms with E-state index in [2.05, 4.69) is 17.4 Å². The minimum Gasteiger partial charge on any atom is -0.385 e. The van der Waals surface area contributed by atoms with Gasteiger partial charge < -0.3 is 24.3 Å². The molecular weight excluding hydrogens is 270 g/mol. The number of ether oxygens (including phenoxy) is 4. The lowest BCUT2D eigenvalue weighted by Crippen LogP contribution is -2.12. The van der Waals surface area contributed by atoms with Crippen LogP contribution in [0.4, 0.5) is 5.69 Å². The second-order valence-electron chi connectivity index (χ2n) is 4.48. The maximum atomic E-state index is 5.49. The van der Waals surface area contributed by atoms with Gasteiger partial charge in [-0.25, -0.2) is 0 Å². The summed E-state index contributed by atoms with van der Waals surface area (Å²) in [5, 5.41) is 3.34. The van der Waals surface area contributed by atoms with Crippen LogP contribution in [0.15, 0.2) is 30.3 Å². The minimum atomic E-state index is 0.600. The highest BCUT2D eigenvalue weighted by atomic mass is 16.6. The van der Waals surface area contributed by atoms with Gasteiger partial charge in [-0.3, -0.25) is 0 Å². The standard InChI is InChI=1S/C16H27NO4/c1-18-10-11-20-14-15-21-13-12-19-9-5-8-17-16-6-3-2-4-7-16/h2-4,6-7,17H,5,8-15H2,1H3. The lowest BCUT2D eigenvalue weighted by Gasteiger charge is -2.08. The van der Waals surface area contributed by atoms with Crippen LogP contribution in [0.25, 0.3) is 0 Å². The average molecular weight is 297 g/mol. The van der Waals surface area contributed by atoms with Crippen LogP contribution in [0, 0.1) is 0 Å². The van der Waals surface area contributed by atoms with Gasteiger partial charge >= 0.3 is 0 Å². The predicted molar refractivity (Wildman–Crippen MR) is 83.9 cm³/mol. The molecule has 1 rings (SSSR count). The fraction of sp³-hybridized carbons (Fsp3) is 0.625. The number of anilines is 1. The van der Waals surface area contributed by atoms with Crippen LogP contribution in [-0.2, 0) is 18.9 Å². The van der Waals surface area contributed by atoms with Crippen molar-refractivity contribution in [2.24, 2.45) is 0 Å². The molecule has 0 fully saturated rings. The summed E-state index contributed by atoms with van der Waals surface area (Å²) in [6.45, 7) is 5.34. The topological polar surface area (TPSA) is 49.0 Å². The zero-order valence-electron chi connectivity index (χ0n) is 12.9. The van der Waals surface area contributed by atoms with Crippen LogP contribution >= 0.6 is 0 Å². The maximum absolute atomic E-state index is 5.49. The normalized spacial score (nSPS) is 10.7. The van der Waals surface area contributed by atoms with Gasteiger partial charge in [0.05, 0.1) is 39.6 Å². The molecule has 0 aliphatic heterocycles. The lowest BCUT2D eigenvalue weighted by atomic mass is 10.3. The number of benzene rings is 1. The molecule has 0 aliphatic rings. The van der Waals surface area contributed by atoms with Crippen LogP contribution in [0.3, 0.4) is 0 Å². The molecule has 21 heavy (non-hydrogen) atoms. The van der Waals surface area contributed by atoms with Gasteiger partial charge in [0.25, 0.3) is 0 Å². The minimum absolute atomic E-state index is 0.600. The number of methoxy groups -OCH3 is 1. The molecule has 0 unspecified atom stereocenters. The molecule has 0 radical (unpaired) electrons. The van der Waals surface area contributed by atoms with E-state index in [9.17, 15) is 0 Å². The van der Waals surface area contributed by atoms with E-state index in [1.54, 1.807) is 7.11 Å². The molecular formula is C16H27NO4. The Kier molecular flexibility index (Phi) is 11.8. The van der Waals surface area contributed by atoms with Gasteiger partial charge in [0.2, 0.25) is 0 Å². The molecule has 0 aromatic heterocycles. The van der Waals surface area contributed by atoms with E-state index in [-0.39, 0.29) is 0 Å². The smallest absolute Gasteiger partial charge is 0.0701 e. The third-order valence-electron chi connectivity index (χ3n) is 2.74. The van der Waals surface area contributed by atoms with E-state index < -0.39 is 0 Å². The molecule has 1 N–H and O–H groups in total. The zero-order valence-corrected chi connectivity index (χ0v) is 12.9. The van der Waals surface area contributed by atoms with Gasteiger partial charge in [0, 0.05) is 25.9 Å². The Morgan fingerprint density at radius 2 is 1.33 bits per heavy atom. The average Bonchev–Trinajstić information content (AvgIpc) is 2.53. The molecule has 0 atom stereocenters. The van der Waals surface area contributed by atoms with E-state index in [0.717, 1.165) is 25.3 Å². The highest BCUT2D eigenvalue weighted by Crippen LogP contribution is 2.04. The van der Waals surface area contributed by atoms with Gasteiger partial charge in [-0.15, -0.1) is 0 Å². The summed E-state index contributed by atoms with van der Waals surface area (Å²) in [7, 11) is 1.66. The molecule has 0 heterocycles. The van der Waals surface area contributed by atoms with Crippen LogP contribution in [0.2, 0.25) is 0 Å². The van der Waals surface area contributed by atoms with E-state index >= 15 is 0 Å². The van der Waals surface area contributed by atoms with Crippen molar-refractivity contribution in [2.45, 2.75) is 6.42 Å². The molecule has 0 saturated carbocycles. The van der Waals surface area contributed by atoms with Crippen molar-refractivity contribution in [2.75, 3.05) is 65.2 Å². The Hall–Kier alpha value is -1.14. The first kappa shape index (κ1) is 17.9. The molecule has 0 spiro atoms. The highest BCUT2D eigenvalue weighted by Gasteiger charge is 1.93. The Morgan fingerprint density at radius 1 is 0.762 bits per heavy atom. The van der Waals surface area contributed by atoms with Crippen molar-refractivity contribution >= 4 is 5.69 Å². The number of hydrogen-bond acceptors (Lipinski definition) is 5. The molecule has 5 nitrogen and oxygen atoms in total. The monoisotopic (exact) mass is 297 g/mol. The van der Waals surface area contributed by atoms with E-state index in [4.69, 9.17) is 18.9 Å². The number of hydrogen-bond donors (Lipinski definition) is 1. The van der Waals surface area contributed by atoms with Crippen molar-refractivity contribution < 1.29 is 18.9 Å². The van der Waals surface area contributed by atoms with Crippen LogP contribution in [-0.4, -0.2) is 59.9 Å². The molecule has 120 valence electrons. The van der Waals surface area contributed by atoms with Crippen molar-refractivity contribution in [1.29, 1.82) is 0 Å². The lowest BCUT2D eigenvalue weighted by molar-refractivity contribution is 0.00367. The Balaban J connectivity index is 1.75. The molecule has 0 bridgehead atoms. The van der Waals surface area contributed by atoms with Gasteiger partial charge in [-0.05, 0) is 18.6 Å². The quantitative estimate of drug-likeness (QED) is 0.533. The first-order valence-electron chi connectivity index (χ1n) is 7.44. The van der Waals surface area contributed by atoms with E-state index in [0.29, 0.717) is 39.6 Å². The molecule has 0 saturated heterocycles. The first-order chi connectivity index (χ1) is 10.4. The van der Waals surface area contributed by atoms with E-state index in [1.807, 2.05) is 18.2 Å². The van der Waals surface area contributed by atoms with E-state index in [1.165, 1.54) is 0 Å². The van der Waals surface area contributed by atoms with Crippen LogP contribution in [0.1, 0.15) is 6.42 Å². The van der Waals surface area contributed by atoms with Crippen molar-refractivity contribution in [3.63, 3.8) is 0 Å². The van der Waals surface area contributed by atoms with Gasteiger partial charge in [0.1, 0.15) is 0 Å². The molecule has 0 amide bonds. The molecule has 0 aliphatic carbocycles. The SMILES string of the molecule is COCCOCCOCCOCCCNc1ccccc1. The molecule has 5 heteroatoms. The second-order valence-corrected chi connectivity index (χ2v) is 4.48. The van der Waals surface area contributed by atoms with Gasteiger partial charge in [-0.1, -0.05) is 18.2 Å². The van der Waals surface area contributed by atoms with Crippen molar-refractivity contribution in [3.05, 3.63) is 30.3 Å². The van der Waals surface area contributed by atoms with Crippen LogP contribution < -0.4 is 5.32 Å². The first-order valence-corrected chi connectivity index (χ1v) is 7.44. The summed E-state index contributed by atoms with van der Waals surface area (Å²) >= 11 is 0. The maximum Gasteiger partial charge on any atom is 0.0701 e. The summed E-state index contributed by atoms with van der Waals surface area (Å²) in [6.07, 6.45) is 0.981.